The molecule has 0 bridgehead atoms. The third-order valence-electron chi connectivity index (χ3n) is 6.05. The minimum Gasteiger partial charge on any atom is -0.497 e. The van der Waals surface area contributed by atoms with E-state index in [9.17, 15) is 19.7 Å². The van der Waals surface area contributed by atoms with Crippen LogP contribution in [0.4, 0.5) is 10.5 Å². The number of methoxy groups -OCH3 is 1. The quantitative estimate of drug-likeness (QED) is 0.194. The molecule has 2 aliphatic rings. The molecule has 1 heterocycles. The van der Waals surface area contributed by atoms with Crippen molar-refractivity contribution in [1.82, 2.24) is 9.80 Å². The zero-order valence-corrected chi connectivity index (χ0v) is 21.1. The molecule has 11 heteroatoms. The van der Waals surface area contributed by atoms with E-state index in [1.165, 1.54) is 18.4 Å². The van der Waals surface area contributed by atoms with Crippen molar-refractivity contribution in [1.29, 1.82) is 0 Å². The molecule has 0 spiro atoms. The average molecular weight is 515 g/mol. The lowest BCUT2D eigenvalue weighted by molar-refractivity contribution is -0.757. The first-order chi connectivity index (χ1) is 18.0. The Morgan fingerprint density at radius 2 is 1.73 bits per heavy atom. The first-order valence-corrected chi connectivity index (χ1v) is 12.3. The van der Waals surface area contributed by atoms with Crippen LogP contribution in [0.15, 0.2) is 54.6 Å². The third-order valence-corrected chi connectivity index (χ3v) is 6.05. The van der Waals surface area contributed by atoms with E-state index >= 15 is 0 Å². The second-order valence-electron chi connectivity index (χ2n) is 8.69. The number of amides is 2. The van der Waals surface area contributed by atoms with E-state index in [-0.39, 0.29) is 13.2 Å². The second-order valence-corrected chi connectivity index (χ2v) is 8.69. The average Bonchev–Trinajstić information content (AvgIpc) is 3.78. The summed E-state index contributed by atoms with van der Waals surface area (Å²) in [5.74, 6) is 0.807. The van der Waals surface area contributed by atoms with Crippen LogP contribution in [-0.2, 0) is 20.9 Å². The van der Waals surface area contributed by atoms with Crippen molar-refractivity contribution in [2.75, 3.05) is 51.4 Å². The van der Waals surface area contributed by atoms with Gasteiger partial charge in [0.05, 0.1) is 20.3 Å². The molecule has 2 amide bonds. The van der Waals surface area contributed by atoms with Crippen LogP contribution in [0.2, 0.25) is 0 Å². The number of rotatable bonds is 11. The number of nitrogens with zero attached hydrogens (tertiary/aromatic N) is 4. The van der Waals surface area contributed by atoms with E-state index in [0.717, 1.165) is 24.4 Å². The lowest BCUT2D eigenvalue weighted by Gasteiger charge is -2.35. The predicted octanol–water partition coefficient (Wildman–Crippen LogP) is 3.36. The van der Waals surface area contributed by atoms with Crippen LogP contribution in [-0.4, -0.2) is 79.9 Å². The molecule has 2 fully saturated rings. The molecular weight excluding hydrogens is 480 g/mol. The van der Waals surface area contributed by atoms with Gasteiger partial charge in [-0.1, -0.05) is 30.3 Å². The Bertz CT molecular complexity index is 978. The second kappa shape index (κ2) is 14.5. The summed E-state index contributed by atoms with van der Waals surface area (Å²) in [5, 5.41) is 9.12. The molecule has 1 saturated carbocycles. The molecule has 4 rings (SSSR count). The molecule has 2 aromatic carbocycles. The normalized spacial score (nSPS) is 14.6. The zero-order valence-electron chi connectivity index (χ0n) is 21.1. The molecule has 0 unspecified atom stereocenters. The Hall–Kier alpha value is -4.02. The van der Waals surface area contributed by atoms with Gasteiger partial charge in [0.15, 0.2) is 0 Å². The number of piperazine rings is 1. The molecule has 2 aromatic rings. The van der Waals surface area contributed by atoms with Crippen LogP contribution in [0.25, 0.3) is 0 Å². The van der Waals surface area contributed by atoms with Gasteiger partial charge >= 0.3 is 6.09 Å². The van der Waals surface area contributed by atoms with E-state index in [0.29, 0.717) is 38.6 Å². The predicted molar refractivity (Wildman–Crippen MR) is 137 cm³/mol. The summed E-state index contributed by atoms with van der Waals surface area (Å²) >= 11 is 0. The summed E-state index contributed by atoms with van der Waals surface area (Å²) in [6.45, 7) is 3.34. The van der Waals surface area contributed by atoms with E-state index in [1.54, 1.807) is 12.0 Å². The van der Waals surface area contributed by atoms with Gasteiger partial charge in [0.2, 0.25) is 6.41 Å². The van der Waals surface area contributed by atoms with E-state index in [4.69, 9.17) is 9.47 Å². The van der Waals surface area contributed by atoms with Gasteiger partial charge in [0.1, 0.15) is 5.75 Å². The number of hydrogen-bond acceptors (Lipinski definition) is 8. The Kier molecular flexibility index (Phi) is 10.8. The number of ether oxygens (including phenoxy) is 2. The summed E-state index contributed by atoms with van der Waals surface area (Å²) in [6.07, 6.45) is 3.20. The first kappa shape index (κ1) is 27.6. The SMILES string of the molecule is COc1ccc(N2CCN(C(=O)OCCCO[N+](=O)[O-])CC2)cc1.O=CN(Cc1ccccc1)C1CC1. The number of carbonyl (C=O) groups excluding carboxylic acids is 2. The van der Waals surface area contributed by atoms with Gasteiger partial charge in [-0.2, -0.15) is 0 Å². The minimum atomic E-state index is -0.861. The van der Waals surface area contributed by atoms with Gasteiger partial charge in [-0.25, -0.2) is 4.79 Å². The van der Waals surface area contributed by atoms with Gasteiger partial charge in [0, 0.05) is 50.9 Å². The Morgan fingerprint density at radius 3 is 2.30 bits per heavy atom. The maximum atomic E-state index is 11.9. The molecule has 0 atom stereocenters. The van der Waals surface area contributed by atoms with Gasteiger partial charge in [0.25, 0.3) is 5.09 Å². The highest BCUT2D eigenvalue weighted by Gasteiger charge is 2.27. The summed E-state index contributed by atoms with van der Waals surface area (Å²) in [5.41, 5.74) is 2.29. The van der Waals surface area contributed by atoms with Gasteiger partial charge in [-0.3, -0.25) is 4.79 Å². The van der Waals surface area contributed by atoms with Gasteiger partial charge in [-0.15, -0.1) is 10.1 Å². The summed E-state index contributed by atoms with van der Waals surface area (Å²) in [4.78, 5) is 42.5. The lowest BCUT2D eigenvalue weighted by Crippen LogP contribution is -2.49. The fourth-order valence-electron chi connectivity index (χ4n) is 3.84. The van der Waals surface area contributed by atoms with Crippen LogP contribution < -0.4 is 9.64 Å². The number of hydrogen-bond donors (Lipinski definition) is 0. The molecule has 1 saturated heterocycles. The van der Waals surface area contributed by atoms with Crippen molar-refractivity contribution in [3.8, 4) is 5.75 Å². The highest BCUT2D eigenvalue weighted by molar-refractivity contribution is 5.68. The number of carbonyl (C=O) groups is 2. The highest BCUT2D eigenvalue weighted by Crippen LogP contribution is 2.26. The highest BCUT2D eigenvalue weighted by atomic mass is 16.9. The monoisotopic (exact) mass is 514 g/mol. The standard InChI is InChI=1S/C15H21N3O6.C11H13NO/c1-22-14-5-3-13(4-6-14)16-7-9-17(10-8-16)15(19)23-11-2-12-24-18(20)21;13-9-12(11-6-7-11)8-10-4-2-1-3-5-10/h3-6H,2,7-12H2,1H3;1-5,9,11H,6-8H2. The van der Waals surface area contributed by atoms with Crippen molar-refractivity contribution >= 4 is 18.2 Å². The van der Waals surface area contributed by atoms with Crippen molar-refractivity contribution in [3.05, 3.63) is 70.3 Å². The zero-order chi connectivity index (χ0) is 26.5. The maximum Gasteiger partial charge on any atom is 0.409 e. The Morgan fingerprint density at radius 1 is 1.05 bits per heavy atom. The Labute approximate surface area is 216 Å². The summed E-state index contributed by atoms with van der Waals surface area (Å²) in [7, 11) is 1.63. The maximum absolute atomic E-state index is 11.9. The molecule has 37 heavy (non-hydrogen) atoms. The van der Waals surface area contributed by atoms with Crippen molar-refractivity contribution in [2.24, 2.45) is 0 Å². The van der Waals surface area contributed by atoms with Crippen LogP contribution in [0.3, 0.4) is 0 Å². The fraction of sp³-hybridized carbons (Fsp3) is 0.462. The van der Waals surface area contributed by atoms with Gasteiger partial charge < -0.3 is 29.0 Å². The van der Waals surface area contributed by atoms with Gasteiger partial charge in [-0.05, 0) is 42.7 Å². The van der Waals surface area contributed by atoms with Crippen molar-refractivity contribution in [3.63, 3.8) is 0 Å². The molecule has 11 nitrogen and oxygen atoms in total. The molecule has 1 aliphatic heterocycles. The fourth-order valence-corrected chi connectivity index (χ4v) is 3.84. The topological polar surface area (TPSA) is 115 Å². The van der Waals surface area contributed by atoms with E-state index in [1.807, 2.05) is 47.4 Å². The van der Waals surface area contributed by atoms with E-state index in [2.05, 4.69) is 21.9 Å². The smallest absolute Gasteiger partial charge is 0.409 e. The first-order valence-electron chi connectivity index (χ1n) is 12.3. The molecule has 200 valence electrons. The van der Waals surface area contributed by atoms with Crippen molar-refractivity contribution < 1.29 is 29.0 Å². The summed E-state index contributed by atoms with van der Waals surface area (Å²) < 4.78 is 10.2. The molecular formula is C26H34N4O7. The lowest BCUT2D eigenvalue weighted by atomic mass is 10.2. The van der Waals surface area contributed by atoms with Crippen LogP contribution in [0.1, 0.15) is 24.8 Å². The summed E-state index contributed by atoms with van der Waals surface area (Å²) in [6, 6.07) is 18.4. The third kappa shape index (κ3) is 9.51. The molecule has 0 radical (unpaired) electrons. The van der Waals surface area contributed by atoms with Crippen LogP contribution in [0.5, 0.6) is 5.75 Å². The van der Waals surface area contributed by atoms with Crippen LogP contribution in [0, 0.1) is 10.1 Å². The van der Waals surface area contributed by atoms with Crippen molar-refractivity contribution in [2.45, 2.75) is 31.8 Å². The van der Waals surface area contributed by atoms with Crippen LogP contribution >= 0.6 is 0 Å². The Balaban J connectivity index is 0.000000244. The minimum absolute atomic E-state index is 0.0778. The molecule has 0 N–H and O–H groups in total. The number of anilines is 1. The number of benzene rings is 2. The largest absolute Gasteiger partial charge is 0.497 e. The molecule has 0 aromatic heterocycles. The molecule has 1 aliphatic carbocycles. The van der Waals surface area contributed by atoms with E-state index < -0.39 is 11.2 Å².